The van der Waals surface area contributed by atoms with Gasteiger partial charge in [-0.1, -0.05) is 20.3 Å². The highest BCUT2D eigenvalue weighted by molar-refractivity contribution is 5.76. The van der Waals surface area contributed by atoms with Crippen LogP contribution in [-0.4, -0.2) is 55.4 Å². The average Bonchev–Trinajstić information content (AvgIpc) is 3.41. The molecule has 2 aliphatic carbocycles. The van der Waals surface area contributed by atoms with Gasteiger partial charge in [0.2, 0.25) is 5.91 Å². The van der Waals surface area contributed by atoms with Gasteiger partial charge in [0, 0.05) is 30.5 Å². The molecule has 1 aliphatic heterocycles. The minimum Gasteiger partial charge on any atom is -0.350 e. The number of carbonyl (C=O) groups excluding carboxylic acids is 1. The lowest BCUT2D eigenvalue weighted by molar-refractivity contribution is -0.123. The van der Waals surface area contributed by atoms with Crippen LogP contribution in [0.1, 0.15) is 82.1 Å². The van der Waals surface area contributed by atoms with Crippen LogP contribution in [0.25, 0.3) is 5.52 Å². The summed E-state index contributed by atoms with van der Waals surface area (Å²) < 4.78 is 3.01. The monoisotopic (exact) mass is 412 g/mol. The van der Waals surface area contributed by atoms with Crippen LogP contribution in [0.4, 0.5) is 0 Å². The number of hydrogen-bond donors (Lipinski definition) is 1. The molecule has 1 saturated heterocycles. The second-order valence-corrected chi connectivity index (χ2v) is 9.60. The van der Waals surface area contributed by atoms with Crippen molar-refractivity contribution in [3.8, 4) is 0 Å². The third-order valence-corrected chi connectivity index (χ3v) is 6.84. The molecule has 3 heterocycles. The number of amides is 1. The number of fused-ring (bicyclic) bond motifs is 1. The Labute approximate surface area is 176 Å². The van der Waals surface area contributed by atoms with Crippen molar-refractivity contribution in [2.75, 3.05) is 13.1 Å². The van der Waals surface area contributed by atoms with Gasteiger partial charge in [0.1, 0.15) is 12.1 Å². The number of rotatable bonds is 6. The van der Waals surface area contributed by atoms with Crippen LogP contribution in [0, 0.1) is 0 Å². The van der Waals surface area contributed by atoms with Gasteiger partial charge in [0.15, 0.2) is 5.82 Å². The zero-order valence-corrected chi connectivity index (χ0v) is 18.0. The molecule has 3 fully saturated rings. The van der Waals surface area contributed by atoms with Crippen LogP contribution in [-0.2, 0) is 11.3 Å². The van der Waals surface area contributed by atoms with Crippen LogP contribution >= 0.6 is 0 Å². The van der Waals surface area contributed by atoms with E-state index >= 15 is 0 Å². The van der Waals surface area contributed by atoms with Crippen molar-refractivity contribution in [1.82, 2.24) is 29.6 Å². The second-order valence-electron chi connectivity index (χ2n) is 9.60. The van der Waals surface area contributed by atoms with E-state index in [0.29, 0.717) is 17.5 Å². The predicted molar refractivity (Wildman–Crippen MR) is 114 cm³/mol. The summed E-state index contributed by atoms with van der Waals surface area (Å²) >= 11 is 0. The summed E-state index contributed by atoms with van der Waals surface area (Å²) in [4.78, 5) is 28.3. The van der Waals surface area contributed by atoms with Crippen molar-refractivity contribution in [3.63, 3.8) is 0 Å². The molecule has 8 heteroatoms. The van der Waals surface area contributed by atoms with E-state index in [1.165, 1.54) is 23.9 Å². The maximum atomic E-state index is 13.0. The summed E-state index contributed by atoms with van der Waals surface area (Å²) in [6, 6.07) is 2.75. The maximum absolute atomic E-state index is 13.0. The Balaban J connectivity index is 1.33. The number of likely N-dealkylation sites (tertiary alicyclic amines) is 1. The first-order valence-electron chi connectivity index (χ1n) is 11.5. The summed E-state index contributed by atoms with van der Waals surface area (Å²) in [6.07, 6.45) is 8.26. The van der Waals surface area contributed by atoms with Crippen LogP contribution in [0.15, 0.2) is 10.9 Å². The number of nitrogens with zero attached hydrogens (tertiary/aromatic N) is 5. The largest absolute Gasteiger partial charge is 0.350 e. The van der Waals surface area contributed by atoms with Crippen LogP contribution in [0.3, 0.4) is 0 Å². The molecule has 0 aromatic carbocycles. The molecule has 1 N–H and O–H groups in total. The average molecular weight is 413 g/mol. The third-order valence-electron chi connectivity index (χ3n) is 6.84. The smallest absolute Gasteiger partial charge is 0.293 e. The second kappa shape index (κ2) is 7.80. The lowest BCUT2D eigenvalue weighted by atomic mass is 9.89. The summed E-state index contributed by atoms with van der Waals surface area (Å²) in [5, 5.41) is 12.3. The van der Waals surface area contributed by atoms with E-state index in [0.717, 1.165) is 50.3 Å². The molecule has 3 aliphatic rings. The van der Waals surface area contributed by atoms with E-state index in [4.69, 9.17) is 0 Å². The van der Waals surface area contributed by atoms with Crippen molar-refractivity contribution < 1.29 is 4.79 Å². The molecule has 2 aromatic rings. The minimum atomic E-state index is -0.242. The van der Waals surface area contributed by atoms with Gasteiger partial charge in [-0.15, -0.1) is 0 Å². The third kappa shape index (κ3) is 3.77. The van der Waals surface area contributed by atoms with Gasteiger partial charge < -0.3 is 5.32 Å². The SMILES string of the molecule is CC(C)c1nn(CC(=O)NC2CCCN(C3CCC3)C2)c(=O)c2cc(C3CC3)nn12. The number of aromatic nitrogens is 4. The molecule has 5 rings (SSSR count). The van der Waals surface area contributed by atoms with Crippen molar-refractivity contribution in [1.29, 1.82) is 0 Å². The van der Waals surface area contributed by atoms with E-state index < -0.39 is 0 Å². The van der Waals surface area contributed by atoms with Gasteiger partial charge in [0.05, 0.1) is 5.69 Å². The number of carbonyl (C=O) groups is 1. The number of nitrogens with one attached hydrogen (secondary N) is 1. The summed E-state index contributed by atoms with van der Waals surface area (Å²) in [5.41, 5.74) is 1.25. The van der Waals surface area contributed by atoms with Crippen molar-refractivity contribution in [2.24, 2.45) is 0 Å². The van der Waals surface area contributed by atoms with Crippen molar-refractivity contribution in [2.45, 2.75) is 89.3 Å². The van der Waals surface area contributed by atoms with E-state index in [-0.39, 0.29) is 30.0 Å². The lowest BCUT2D eigenvalue weighted by Crippen LogP contribution is -2.53. The molecule has 2 saturated carbocycles. The molecule has 0 bridgehead atoms. The van der Waals surface area contributed by atoms with Crippen molar-refractivity contribution >= 4 is 11.4 Å². The zero-order valence-electron chi connectivity index (χ0n) is 18.0. The van der Waals surface area contributed by atoms with Gasteiger partial charge in [-0.05, 0) is 51.1 Å². The van der Waals surface area contributed by atoms with Gasteiger partial charge in [-0.2, -0.15) is 10.2 Å². The molecule has 30 heavy (non-hydrogen) atoms. The Morgan fingerprint density at radius 3 is 2.63 bits per heavy atom. The molecule has 8 nitrogen and oxygen atoms in total. The number of hydrogen-bond acceptors (Lipinski definition) is 5. The standard InChI is InChI=1S/C22H32N6O2/c1-14(2)21-25-27(22(30)19-11-18(15-8-9-15)24-28(19)21)13-20(29)23-16-5-4-10-26(12-16)17-6-3-7-17/h11,14-17H,3-10,12-13H2,1-2H3,(H,23,29). The fourth-order valence-corrected chi connectivity index (χ4v) is 4.73. The Kier molecular flexibility index (Phi) is 5.13. The molecule has 1 unspecified atom stereocenters. The van der Waals surface area contributed by atoms with E-state index in [1.54, 1.807) is 4.52 Å². The van der Waals surface area contributed by atoms with E-state index in [1.807, 2.05) is 19.9 Å². The highest BCUT2D eigenvalue weighted by Crippen LogP contribution is 2.39. The fraction of sp³-hybridized carbons (Fsp3) is 0.727. The van der Waals surface area contributed by atoms with Gasteiger partial charge in [0.25, 0.3) is 5.56 Å². The van der Waals surface area contributed by atoms with Crippen LogP contribution in [0.2, 0.25) is 0 Å². The van der Waals surface area contributed by atoms with E-state index in [9.17, 15) is 9.59 Å². The predicted octanol–water partition coefficient (Wildman–Crippen LogP) is 2.02. The molecule has 1 atom stereocenters. The van der Waals surface area contributed by atoms with Crippen molar-refractivity contribution in [3.05, 3.63) is 27.9 Å². The first-order valence-corrected chi connectivity index (χ1v) is 11.5. The zero-order chi connectivity index (χ0) is 20.8. The van der Waals surface area contributed by atoms with Gasteiger partial charge in [-0.25, -0.2) is 9.20 Å². The molecule has 1 amide bonds. The summed E-state index contributed by atoms with van der Waals surface area (Å²) in [7, 11) is 0. The molecule has 2 aromatic heterocycles. The molecular formula is C22H32N6O2. The molecule has 162 valence electrons. The highest BCUT2D eigenvalue weighted by atomic mass is 16.2. The van der Waals surface area contributed by atoms with Gasteiger partial charge >= 0.3 is 0 Å². The van der Waals surface area contributed by atoms with Gasteiger partial charge in [-0.3, -0.25) is 14.5 Å². The molecule has 0 radical (unpaired) electrons. The Bertz CT molecular complexity index is 1000. The fourth-order valence-electron chi connectivity index (χ4n) is 4.73. The highest BCUT2D eigenvalue weighted by Gasteiger charge is 2.31. The van der Waals surface area contributed by atoms with Crippen LogP contribution < -0.4 is 10.9 Å². The number of piperidine rings is 1. The summed E-state index contributed by atoms with van der Waals surface area (Å²) in [5.74, 6) is 1.15. The normalized spacial score (nSPS) is 23.1. The quantitative estimate of drug-likeness (QED) is 0.785. The molecular weight excluding hydrogens is 380 g/mol. The van der Waals surface area contributed by atoms with E-state index in [2.05, 4.69) is 20.4 Å². The minimum absolute atomic E-state index is 0.0427. The Hall–Kier alpha value is -2.22. The Morgan fingerprint density at radius 1 is 1.17 bits per heavy atom. The first-order chi connectivity index (χ1) is 14.5. The molecule has 0 spiro atoms. The lowest BCUT2D eigenvalue weighted by Gasteiger charge is -2.42. The van der Waals surface area contributed by atoms with Crippen LogP contribution in [0.5, 0.6) is 0 Å². The first kappa shape index (κ1) is 19.7. The Morgan fingerprint density at radius 2 is 1.97 bits per heavy atom. The summed E-state index contributed by atoms with van der Waals surface area (Å²) in [6.45, 7) is 6.08. The topological polar surface area (TPSA) is 84.5 Å². The maximum Gasteiger partial charge on any atom is 0.293 e.